The standard InChI is InChI=1S/C32H32N8O5/c41-29-25-9-1-2-10-26(25)30(42)39(29)15-5-7-21-17-37(35-33-21)19-23-13-14-24(45-23)20-38-18-22(34-36-38)8-6-16-40-31(43)27-11-3-4-12-28(27)32(40)44/h1-4,9-12,17-18,23-24H,5-8,13-16,19-20H2/t23-,24-/m1/s1. The molecular weight excluding hydrogens is 576 g/mol. The zero-order valence-corrected chi connectivity index (χ0v) is 24.6. The van der Waals surface area contributed by atoms with E-state index in [4.69, 9.17) is 4.74 Å². The van der Waals surface area contributed by atoms with Gasteiger partial charge >= 0.3 is 0 Å². The molecule has 0 bridgehead atoms. The van der Waals surface area contributed by atoms with E-state index in [1.807, 2.05) is 12.4 Å². The highest BCUT2D eigenvalue weighted by molar-refractivity contribution is 6.22. The molecule has 7 rings (SSSR count). The number of aromatic nitrogens is 6. The molecule has 3 aliphatic rings. The van der Waals surface area contributed by atoms with E-state index in [-0.39, 0.29) is 35.8 Å². The maximum Gasteiger partial charge on any atom is 0.261 e. The van der Waals surface area contributed by atoms with Crippen LogP contribution in [0.4, 0.5) is 0 Å². The molecule has 230 valence electrons. The van der Waals surface area contributed by atoms with Crippen LogP contribution in [0.3, 0.4) is 0 Å². The van der Waals surface area contributed by atoms with Gasteiger partial charge in [0.2, 0.25) is 0 Å². The number of carbonyl (C=O) groups excluding carboxylic acids is 4. The molecule has 4 aromatic rings. The molecule has 0 spiro atoms. The van der Waals surface area contributed by atoms with Crippen LogP contribution in [0.25, 0.3) is 0 Å². The van der Waals surface area contributed by atoms with Crippen molar-refractivity contribution in [3.05, 3.63) is 94.6 Å². The van der Waals surface area contributed by atoms with Gasteiger partial charge in [-0.05, 0) is 62.8 Å². The molecule has 0 aliphatic carbocycles. The van der Waals surface area contributed by atoms with Gasteiger partial charge < -0.3 is 4.74 Å². The van der Waals surface area contributed by atoms with Gasteiger partial charge in [-0.3, -0.25) is 29.0 Å². The average molecular weight is 609 g/mol. The number of aryl methyl sites for hydroxylation is 2. The van der Waals surface area contributed by atoms with Crippen LogP contribution in [-0.2, 0) is 30.7 Å². The van der Waals surface area contributed by atoms with Crippen molar-refractivity contribution in [2.75, 3.05) is 13.1 Å². The second-order valence-electron chi connectivity index (χ2n) is 11.6. The summed E-state index contributed by atoms with van der Waals surface area (Å²) in [5.74, 6) is -0.967. The minimum atomic E-state index is -0.242. The van der Waals surface area contributed by atoms with Gasteiger partial charge in [-0.25, -0.2) is 9.36 Å². The van der Waals surface area contributed by atoms with E-state index in [0.717, 1.165) is 24.2 Å². The molecule has 3 aliphatic heterocycles. The molecular formula is C32H32N8O5. The van der Waals surface area contributed by atoms with E-state index in [9.17, 15) is 19.2 Å². The van der Waals surface area contributed by atoms with Gasteiger partial charge in [-0.1, -0.05) is 34.7 Å². The smallest absolute Gasteiger partial charge is 0.261 e. The largest absolute Gasteiger partial charge is 0.371 e. The Morgan fingerprint density at radius 2 is 0.978 bits per heavy atom. The van der Waals surface area contributed by atoms with E-state index >= 15 is 0 Å². The third-order valence-electron chi connectivity index (χ3n) is 8.53. The summed E-state index contributed by atoms with van der Waals surface area (Å²) in [5.41, 5.74) is 3.46. The fourth-order valence-corrected chi connectivity index (χ4v) is 6.27. The molecule has 5 heterocycles. The second-order valence-corrected chi connectivity index (χ2v) is 11.6. The topological polar surface area (TPSA) is 145 Å². The minimum absolute atomic E-state index is 0.00514. The van der Waals surface area contributed by atoms with Crippen molar-refractivity contribution >= 4 is 23.6 Å². The number of fused-ring (bicyclic) bond motifs is 2. The number of hydrogen-bond acceptors (Lipinski definition) is 9. The Morgan fingerprint density at radius 1 is 0.600 bits per heavy atom. The Bertz CT molecular complexity index is 1580. The van der Waals surface area contributed by atoms with Crippen LogP contribution >= 0.6 is 0 Å². The molecule has 1 fully saturated rings. The van der Waals surface area contributed by atoms with Gasteiger partial charge in [0, 0.05) is 25.5 Å². The molecule has 2 aromatic heterocycles. The van der Waals surface area contributed by atoms with Crippen LogP contribution in [0.15, 0.2) is 60.9 Å². The molecule has 13 heteroatoms. The van der Waals surface area contributed by atoms with Gasteiger partial charge in [-0.2, -0.15) is 0 Å². The maximum absolute atomic E-state index is 12.6. The van der Waals surface area contributed by atoms with E-state index in [1.165, 1.54) is 9.80 Å². The van der Waals surface area contributed by atoms with Crippen molar-refractivity contribution in [3.63, 3.8) is 0 Å². The first kappa shape index (κ1) is 28.7. The summed E-state index contributed by atoms with van der Waals surface area (Å²) in [6, 6.07) is 13.8. The van der Waals surface area contributed by atoms with Gasteiger partial charge in [0.15, 0.2) is 0 Å². The molecule has 0 radical (unpaired) electrons. The summed E-state index contributed by atoms with van der Waals surface area (Å²) in [7, 11) is 0. The first-order chi connectivity index (χ1) is 21.9. The van der Waals surface area contributed by atoms with E-state index < -0.39 is 0 Å². The second kappa shape index (κ2) is 12.2. The maximum atomic E-state index is 12.6. The van der Waals surface area contributed by atoms with Gasteiger partial charge in [0.25, 0.3) is 23.6 Å². The Morgan fingerprint density at radius 3 is 1.36 bits per heavy atom. The fourth-order valence-electron chi connectivity index (χ4n) is 6.27. The number of carbonyl (C=O) groups is 4. The van der Waals surface area contributed by atoms with Gasteiger partial charge in [0.05, 0.1) is 58.9 Å². The Hall–Kier alpha value is -5.04. The monoisotopic (exact) mass is 608 g/mol. The Labute approximate surface area is 258 Å². The molecule has 0 N–H and O–H groups in total. The minimum Gasteiger partial charge on any atom is -0.371 e. The first-order valence-electron chi connectivity index (χ1n) is 15.3. The van der Waals surface area contributed by atoms with Crippen molar-refractivity contribution < 1.29 is 23.9 Å². The van der Waals surface area contributed by atoms with Crippen LogP contribution in [-0.4, -0.2) is 88.7 Å². The van der Waals surface area contributed by atoms with Crippen LogP contribution in [0, 0.1) is 0 Å². The van der Waals surface area contributed by atoms with Crippen molar-refractivity contribution in [3.8, 4) is 0 Å². The molecule has 2 atom stereocenters. The molecule has 0 saturated carbocycles. The summed E-state index contributed by atoms with van der Waals surface area (Å²) < 4.78 is 9.82. The van der Waals surface area contributed by atoms with Crippen molar-refractivity contribution in [1.82, 2.24) is 39.8 Å². The highest BCUT2D eigenvalue weighted by Gasteiger charge is 2.35. The summed E-state index contributed by atoms with van der Waals surface area (Å²) in [6.07, 6.45) is 8.00. The SMILES string of the molecule is O=C1c2ccccc2C(=O)N1CCCc1cn(C[C@H]2CC[C@H](Cn3cc(CCCN4C(=O)c5ccccc5C4=O)nn3)O2)nn1. The molecule has 0 unspecified atom stereocenters. The van der Waals surface area contributed by atoms with Crippen LogP contribution in [0.5, 0.6) is 0 Å². The number of ether oxygens (including phenoxy) is 1. The zero-order chi connectivity index (χ0) is 30.9. The van der Waals surface area contributed by atoms with E-state index in [2.05, 4.69) is 20.6 Å². The van der Waals surface area contributed by atoms with Crippen LogP contribution in [0.2, 0.25) is 0 Å². The van der Waals surface area contributed by atoms with Gasteiger partial charge in [-0.15, -0.1) is 10.2 Å². The normalized spacial score (nSPS) is 19.2. The number of amides is 4. The fraction of sp³-hybridized carbons (Fsp3) is 0.375. The summed E-state index contributed by atoms with van der Waals surface area (Å²) in [6.45, 7) is 1.84. The molecule has 1 saturated heterocycles. The number of imide groups is 2. The lowest BCUT2D eigenvalue weighted by Crippen LogP contribution is -2.31. The highest BCUT2D eigenvalue weighted by Crippen LogP contribution is 2.25. The zero-order valence-electron chi connectivity index (χ0n) is 24.6. The number of rotatable bonds is 12. The molecule has 13 nitrogen and oxygen atoms in total. The molecule has 45 heavy (non-hydrogen) atoms. The number of hydrogen-bond donors (Lipinski definition) is 0. The predicted molar refractivity (Wildman–Crippen MR) is 158 cm³/mol. The molecule has 2 aromatic carbocycles. The summed E-state index contributed by atoms with van der Waals surface area (Å²) in [5, 5.41) is 17.0. The highest BCUT2D eigenvalue weighted by atomic mass is 16.5. The third kappa shape index (κ3) is 5.78. The summed E-state index contributed by atoms with van der Waals surface area (Å²) in [4.78, 5) is 52.8. The van der Waals surface area contributed by atoms with E-state index in [1.54, 1.807) is 57.9 Å². The summed E-state index contributed by atoms with van der Waals surface area (Å²) >= 11 is 0. The molecule has 4 amide bonds. The lowest BCUT2D eigenvalue weighted by Gasteiger charge is -2.13. The predicted octanol–water partition coefficient (Wildman–Crippen LogP) is 2.58. The van der Waals surface area contributed by atoms with Gasteiger partial charge in [0.1, 0.15) is 0 Å². The Balaban J connectivity index is 0.826. The van der Waals surface area contributed by atoms with Crippen molar-refractivity contribution in [2.45, 2.75) is 63.8 Å². The average Bonchev–Trinajstić information content (AvgIpc) is 3.88. The number of nitrogens with zero attached hydrogens (tertiary/aromatic N) is 8. The Kier molecular flexibility index (Phi) is 7.76. The van der Waals surface area contributed by atoms with Crippen molar-refractivity contribution in [1.29, 1.82) is 0 Å². The number of benzene rings is 2. The first-order valence-corrected chi connectivity index (χ1v) is 15.3. The van der Waals surface area contributed by atoms with Crippen molar-refractivity contribution in [2.24, 2.45) is 0 Å². The quantitative estimate of drug-likeness (QED) is 0.222. The lowest BCUT2D eigenvalue weighted by atomic mass is 10.1. The lowest BCUT2D eigenvalue weighted by molar-refractivity contribution is 0.0229. The van der Waals surface area contributed by atoms with Crippen LogP contribution < -0.4 is 0 Å². The van der Waals surface area contributed by atoms with E-state index in [0.29, 0.717) is 74.1 Å². The van der Waals surface area contributed by atoms with Crippen LogP contribution in [0.1, 0.15) is 78.5 Å². The third-order valence-corrected chi connectivity index (χ3v) is 8.53.